The molecule has 1 aromatic carbocycles. The molecule has 1 heterocycles. The summed E-state index contributed by atoms with van der Waals surface area (Å²) in [6, 6.07) is 5.92. The van der Waals surface area contributed by atoms with Gasteiger partial charge in [-0.15, -0.1) is 0 Å². The second-order valence-electron chi connectivity index (χ2n) is 4.61. The van der Waals surface area contributed by atoms with Crippen LogP contribution in [0.2, 0.25) is 5.02 Å². The lowest BCUT2D eigenvalue weighted by molar-refractivity contribution is 0.213. The minimum absolute atomic E-state index is 0.141. The lowest BCUT2D eigenvalue weighted by Gasteiger charge is -2.31. The van der Waals surface area contributed by atoms with Crippen LogP contribution in [0.1, 0.15) is 18.0 Å². The number of nitrogens with zero attached hydrogens (tertiary/aromatic N) is 1. The monoisotopic (exact) mass is 300 g/mol. The van der Waals surface area contributed by atoms with Gasteiger partial charge in [-0.2, -0.15) is 11.8 Å². The lowest BCUT2D eigenvalue weighted by Crippen LogP contribution is -2.35. The number of methoxy groups -OCH3 is 1. The summed E-state index contributed by atoms with van der Waals surface area (Å²) in [6.07, 6.45) is 1.20. The largest absolute Gasteiger partial charge is 0.496 e. The Morgan fingerprint density at radius 3 is 3.00 bits per heavy atom. The molecule has 1 saturated heterocycles. The third-order valence-electron chi connectivity index (χ3n) is 3.49. The Hall–Kier alpha value is -0.420. The van der Waals surface area contributed by atoms with Crippen LogP contribution in [-0.2, 0) is 0 Å². The Bertz CT molecular complexity index is 408. The molecule has 0 spiro atoms. The normalized spacial score (nSPS) is 18.9. The van der Waals surface area contributed by atoms with Gasteiger partial charge in [0.05, 0.1) is 13.2 Å². The number of halogens is 1. The van der Waals surface area contributed by atoms with Crippen LogP contribution in [0, 0.1) is 0 Å². The molecule has 0 aliphatic carbocycles. The summed E-state index contributed by atoms with van der Waals surface area (Å²) in [5.74, 6) is 3.22. The summed E-state index contributed by atoms with van der Waals surface area (Å²) in [4.78, 5) is 2.43. The summed E-state index contributed by atoms with van der Waals surface area (Å²) < 4.78 is 5.46. The van der Waals surface area contributed by atoms with Crippen molar-refractivity contribution in [3.05, 3.63) is 28.8 Å². The molecular formula is C14H21ClN2OS. The average molecular weight is 301 g/mol. The van der Waals surface area contributed by atoms with Crippen molar-refractivity contribution in [3.8, 4) is 5.75 Å². The molecule has 0 bridgehead atoms. The van der Waals surface area contributed by atoms with Crippen molar-refractivity contribution < 1.29 is 4.74 Å². The predicted octanol–water partition coefficient (Wildman–Crippen LogP) is 2.79. The summed E-state index contributed by atoms with van der Waals surface area (Å²) in [7, 11) is 1.68. The molecular weight excluding hydrogens is 280 g/mol. The van der Waals surface area contributed by atoms with Crippen LogP contribution in [0.3, 0.4) is 0 Å². The molecule has 0 aromatic heterocycles. The van der Waals surface area contributed by atoms with Gasteiger partial charge in [0.25, 0.3) is 0 Å². The fourth-order valence-electron chi connectivity index (χ4n) is 2.55. The minimum Gasteiger partial charge on any atom is -0.496 e. The molecule has 0 amide bonds. The zero-order chi connectivity index (χ0) is 13.7. The maximum absolute atomic E-state index is 6.37. The van der Waals surface area contributed by atoms with Crippen LogP contribution in [0.4, 0.5) is 0 Å². The van der Waals surface area contributed by atoms with Crippen molar-refractivity contribution >= 4 is 23.4 Å². The quantitative estimate of drug-likeness (QED) is 0.928. The van der Waals surface area contributed by atoms with E-state index in [2.05, 4.69) is 4.90 Å². The molecule has 0 radical (unpaired) electrons. The summed E-state index contributed by atoms with van der Waals surface area (Å²) >= 11 is 8.38. The second kappa shape index (κ2) is 7.39. The molecule has 0 saturated carbocycles. The molecule has 1 aliphatic rings. The van der Waals surface area contributed by atoms with E-state index in [9.17, 15) is 0 Å². The molecule has 19 heavy (non-hydrogen) atoms. The maximum atomic E-state index is 6.37. The standard InChI is InChI=1S/C14H21ClN2OS/c1-18-13-5-2-4-11(15)14(13)12(10-16)17-6-3-8-19-9-7-17/h2,4-5,12H,3,6-10,16H2,1H3. The van der Waals surface area contributed by atoms with Crippen molar-refractivity contribution in [1.82, 2.24) is 4.90 Å². The molecule has 5 heteroatoms. The van der Waals surface area contributed by atoms with Crippen LogP contribution >= 0.6 is 23.4 Å². The number of nitrogens with two attached hydrogens (primary N) is 1. The van der Waals surface area contributed by atoms with E-state index in [1.807, 2.05) is 30.0 Å². The maximum Gasteiger partial charge on any atom is 0.125 e. The Labute approximate surface area is 124 Å². The molecule has 1 aromatic rings. The van der Waals surface area contributed by atoms with Gasteiger partial charge >= 0.3 is 0 Å². The van der Waals surface area contributed by atoms with E-state index < -0.39 is 0 Å². The van der Waals surface area contributed by atoms with Crippen molar-refractivity contribution in [2.45, 2.75) is 12.5 Å². The number of hydrogen-bond acceptors (Lipinski definition) is 4. The first-order valence-electron chi connectivity index (χ1n) is 6.62. The highest BCUT2D eigenvalue weighted by atomic mass is 35.5. The molecule has 3 nitrogen and oxygen atoms in total. The lowest BCUT2D eigenvalue weighted by atomic mass is 10.0. The second-order valence-corrected chi connectivity index (χ2v) is 6.24. The number of thioether (sulfide) groups is 1. The van der Waals surface area contributed by atoms with Gasteiger partial charge in [0.15, 0.2) is 0 Å². The fourth-order valence-corrected chi connectivity index (χ4v) is 3.74. The molecule has 1 fully saturated rings. The first kappa shape index (κ1) is 15.0. The fraction of sp³-hybridized carbons (Fsp3) is 0.571. The molecule has 2 rings (SSSR count). The highest BCUT2D eigenvalue weighted by Gasteiger charge is 2.25. The van der Waals surface area contributed by atoms with E-state index in [0.717, 1.165) is 35.2 Å². The topological polar surface area (TPSA) is 38.5 Å². The number of ether oxygens (including phenoxy) is 1. The Balaban J connectivity index is 2.30. The van der Waals surface area contributed by atoms with E-state index in [0.29, 0.717) is 6.54 Å². The van der Waals surface area contributed by atoms with E-state index in [1.54, 1.807) is 7.11 Å². The van der Waals surface area contributed by atoms with Crippen molar-refractivity contribution in [2.24, 2.45) is 5.73 Å². The molecule has 106 valence electrons. The van der Waals surface area contributed by atoms with E-state index in [4.69, 9.17) is 22.1 Å². The SMILES string of the molecule is COc1cccc(Cl)c1C(CN)N1CCCSCC1. The van der Waals surface area contributed by atoms with Crippen LogP contribution in [0.5, 0.6) is 5.75 Å². The van der Waals surface area contributed by atoms with Gasteiger partial charge in [-0.25, -0.2) is 0 Å². The van der Waals surface area contributed by atoms with Gasteiger partial charge in [0.1, 0.15) is 5.75 Å². The van der Waals surface area contributed by atoms with E-state index in [1.165, 1.54) is 12.2 Å². The predicted molar refractivity (Wildman–Crippen MR) is 83.3 cm³/mol. The first-order chi connectivity index (χ1) is 9.27. The van der Waals surface area contributed by atoms with E-state index in [-0.39, 0.29) is 6.04 Å². The van der Waals surface area contributed by atoms with Gasteiger partial charge in [0.2, 0.25) is 0 Å². The van der Waals surface area contributed by atoms with Gasteiger partial charge in [-0.1, -0.05) is 17.7 Å². The number of benzene rings is 1. The molecule has 1 aliphatic heterocycles. The third kappa shape index (κ3) is 3.57. The van der Waals surface area contributed by atoms with Gasteiger partial charge in [-0.3, -0.25) is 4.90 Å². The van der Waals surface area contributed by atoms with Gasteiger partial charge in [-0.05, 0) is 30.9 Å². The van der Waals surface area contributed by atoms with Crippen LogP contribution in [0.25, 0.3) is 0 Å². The van der Waals surface area contributed by atoms with Gasteiger partial charge < -0.3 is 10.5 Å². The highest BCUT2D eigenvalue weighted by Crippen LogP contribution is 2.35. The van der Waals surface area contributed by atoms with Crippen LogP contribution < -0.4 is 10.5 Å². The molecule has 2 N–H and O–H groups in total. The summed E-state index contributed by atoms with van der Waals surface area (Å²) in [6.45, 7) is 2.69. The Kier molecular flexibility index (Phi) is 5.82. The van der Waals surface area contributed by atoms with Gasteiger partial charge in [0, 0.05) is 29.4 Å². The molecule has 1 unspecified atom stereocenters. The zero-order valence-corrected chi connectivity index (χ0v) is 12.8. The smallest absolute Gasteiger partial charge is 0.125 e. The Morgan fingerprint density at radius 1 is 1.42 bits per heavy atom. The minimum atomic E-state index is 0.141. The van der Waals surface area contributed by atoms with Crippen molar-refractivity contribution in [1.29, 1.82) is 0 Å². The highest BCUT2D eigenvalue weighted by molar-refractivity contribution is 7.99. The summed E-state index contributed by atoms with van der Waals surface area (Å²) in [5, 5.41) is 0.742. The Morgan fingerprint density at radius 2 is 2.26 bits per heavy atom. The van der Waals surface area contributed by atoms with Crippen molar-refractivity contribution in [2.75, 3.05) is 38.2 Å². The average Bonchev–Trinajstić information content (AvgIpc) is 2.70. The third-order valence-corrected chi connectivity index (χ3v) is 4.87. The first-order valence-corrected chi connectivity index (χ1v) is 8.15. The van der Waals surface area contributed by atoms with Crippen molar-refractivity contribution in [3.63, 3.8) is 0 Å². The summed E-state index contributed by atoms with van der Waals surface area (Å²) in [5.41, 5.74) is 7.05. The number of rotatable bonds is 4. The van der Waals surface area contributed by atoms with E-state index >= 15 is 0 Å². The zero-order valence-electron chi connectivity index (χ0n) is 11.3. The van der Waals surface area contributed by atoms with Crippen LogP contribution in [-0.4, -0.2) is 43.1 Å². The van der Waals surface area contributed by atoms with Crippen LogP contribution in [0.15, 0.2) is 18.2 Å². The number of hydrogen-bond donors (Lipinski definition) is 1. The molecule has 1 atom stereocenters.